The Balaban J connectivity index is 2.02. The molecule has 0 atom stereocenters. The molecule has 1 amide bonds. The van der Waals surface area contributed by atoms with Gasteiger partial charge in [-0.1, -0.05) is 30.3 Å². The molecule has 0 bridgehead atoms. The highest BCUT2D eigenvalue weighted by Gasteiger charge is 2.13. The lowest BCUT2D eigenvalue weighted by molar-refractivity contribution is 0.0997. The van der Waals surface area contributed by atoms with Gasteiger partial charge < -0.3 is 14.0 Å². The Morgan fingerprint density at radius 1 is 1.04 bits per heavy atom. The maximum atomic E-state index is 12.6. The largest absolute Gasteiger partial charge is 0.493 e. The number of aromatic nitrogens is 1. The average molecular weight is 368 g/mol. The summed E-state index contributed by atoms with van der Waals surface area (Å²) < 4.78 is 12.4. The predicted molar refractivity (Wildman–Crippen MR) is 103 cm³/mol. The minimum Gasteiger partial charge on any atom is -0.493 e. The number of carbonyl (C=O) groups is 1. The van der Waals surface area contributed by atoms with Gasteiger partial charge in [-0.2, -0.15) is 4.99 Å². The van der Waals surface area contributed by atoms with E-state index in [9.17, 15) is 4.79 Å². The van der Waals surface area contributed by atoms with Crippen LogP contribution in [0.15, 0.2) is 53.5 Å². The zero-order valence-electron chi connectivity index (χ0n) is 15.1. The SMILES string of the molecule is COc1ccc(C(=O)N=c2sc(C)c(-c3ccccc3)n2C)cc1OC. The molecule has 0 fully saturated rings. The summed E-state index contributed by atoms with van der Waals surface area (Å²) in [5, 5.41) is 0. The molecule has 0 aliphatic carbocycles. The van der Waals surface area contributed by atoms with Crippen molar-refractivity contribution in [1.82, 2.24) is 4.57 Å². The van der Waals surface area contributed by atoms with Crippen LogP contribution in [-0.2, 0) is 7.05 Å². The van der Waals surface area contributed by atoms with E-state index in [2.05, 4.69) is 17.1 Å². The normalized spacial score (nSPS) is 11.5. The van der Waals surface area contributed by atoms with Crippen molar-refractivity contribution in [2.75, 3.05) is 14.2 Å². The van der Waals surface area contributed by atoms with Crippen molar-refractivity contribution >= 4 is 17.2 Å². The van der Waals surface area contributed by atoms with Gasteiger partial charge in [-0.3, -0.25) is 4.79 Å². The third-order valence-electron chi connectivity index (χ3n) is 4.08. The highest BCUT2D eigenvalue weighted by Crippen LogP contribution is 2.28. The van der Waals surface area contributed by atoms with Gasteiger partial charge in [0.1, 0.15) is 0 Å². The Hall–Kier alpha value is -2.86. The Morgan fingerprint density at radius 3 is 2.38 bits per heavy atom. The van der Waals surface area contributed by atoms with Crippen molar-refractivity contribution < 1.29 is 14.3 Å². The van der Waals surface area contributed by atoms with Crippen molar-refractivity contribution in [3.8, 4) is 22.8 Å². The molecule has 26 heavy (non-hydrogen) atoms. The van der Waals surface area contributed by atoms with Crippen LogP contribution in [0.1, 0.15) is 15.2 Å². The van der Waals surface area contributed by atoms with E-state index in [1.54, 1.807) is 25.3 Å². The summed E-state index contributed by atoms with van der Waals surface area (Å²) in [4.78, 5) is 18.7. The standard InChI is InChI=1S/C20H20N2O3S/c1-13-18(14-8-6-5-7-9-14)22(2)20(26-13)21-19(23)15-10-11-16(24-3)17(12-15)25-4/h5-12H,1-4H3. The van der Waals surface area contributed by atoms with Gasteiger partial charge in [0.05, 0.1) is 19.9 Å². The molecule has 0 saturated carbocycles. The Kier molecular flexibility index (Phi) is 5.23. The Labute approximate surface area is 156 Å². The summed E-state index contributed by atoms with van der Waals surface area (Å²) in [6, 6.07) is 15.1. The van der Waals surface area contributed by atoms with Gasteiger partial charge in [0.2, 0.25) is 0 Å². The number of amides is 1. The molecular formula is C20H20N2O3S. The van der Waals surface area contributed by atoms with Crippen LogP contribution in [0.25, 0.3) is 11.3 Å². The van der Waals surface area contributed by atoms with Crippen LogP contribution in [0.3, 0.4) is 0 Å². The van der Waals surface area contributed by atoms with Crippen LogP contribution in [0.2, 0.25) is 0 Å². The Bertz CT molecular complexity index is 1000. The van der Waals surface area contributed by atoms with Crippen LogP contribution in [0.4, 0.5) is 0 Å². The highest BCUT2D eigenvalue weighted by atomic mass is 32.1. The maximum Gasteiger partial charge on any atom is 0.279 e. The lowest BCUT2D eigenvalue weighted by Crippen LogP contribution is -2.14. The minimum absolute atomic E-state index is 0.317. The fourth-order valence-corrected chi connectivity index (χ4v) is 3.78. The molecule has 0 saturated heterocycles. The summed E-state index contributed by atoms with van der Waals surface area (Å²) in [7, 11) is 5.02. The van der Waals surface area contributed by atoms with E-state index in [1.165, 1.54) is 18.4 Å². The van der Waals surface area contributed by atoms with E-state index in [0.717, 1.165) is 16.1 Å². The average Bonchev–Trinajstić information content (AvgIpc) is 2.94. The van der Waals surface area contributed by atoms with Gasteiger partial charge in [-0.25, -0.2) is 0 Å². The second kappa shape index (κ2) is 7.58. The molecular weight excluding hydrogens is 348 g/mol. The first-order valence-corrected chi connectivity index (χ1v) is 8.89. The van der Waals surface area contributed by atoms with Crippen LogP contribution in [0.5, 0.6) is 11.5 Å². The number of ether oxygens (including phenoxy) is 2. The summed E-state index contributed by atoms with van der Waals surface area (Å²) >= 11 is 1.50. The number of hydrogen-bond acceptors (Lipinski definition) is 4. The zero-order valence-corrected chi connectivity index (χ0v) is 16.0. The number of aryl methyl sites for hydroxylation is 1. The van der Waals surface area contributed by atoms with Gasteiger partial charge in [0.15, 0.2) is 16.3 Å². The number of nitrogens with zero attached hydrogens (tertiary/aromatic N) is 2. The molecule has 0 N–H and O–H groups in total. The second-order valence-electron chi connectivity index (χ2n) is 5.70. The Morgan fingerprint density at radius 2 is 1.73 bits per heavy atom. The molecule has 2 aromatic carbocycles. The second-order valence-corrected chi connectivity index (χ2v) is 6.88. The number of benzene rings is 2. The molecule has 134 valence electrons. The van der Waals surface area contributed by atoms with Gasteiger partial charge in [0, 0.05) is 17.5 Å². The van der Waals surface area contributed by atoms with E-state index in [1.807, 2.05) is 36.7 Å². The van der Waals surface area contributed by atoms with Crippen LogP contribution < -0.4 is 14.3 Å². The van der Waals surface area contributed by atoms with E-state index < -0.39 is 0 Å². The maximum absolute atomic E-state index is 12.6. The lowest BCUT2D eigenvalue weighted by Gasteiger charge is -2.07. The third kappa shape index (κ3) is 3.41. The topological polar surface area (TPSA) is 52.8 Å². The molecule has 0 spiro atoms. The predicted octanol–water partition coefficient (Wildman–Crippen LogP) is 3.82. The molecule has 3 aromatic rings. The van der Waals surface area contributed by atoms with Crippen molar-refractivity contribution in [2.24, 2.45) is 12.0 Å². The molecule has 0 unspecified atom stereocenters. The molecule has 5 nitrogen and oxygen atoms in total. The molecule has 1 aromatic heterocycles. The van der Waals surface area contributed by atoms with E-state index in [0.29, 0.717) is 21.9 Å². The van der Waals surface area contributed by atoms with E-state index in [-0.39, 0.29) is 5.91 Å². The molecule has 1 heterocycles. The highest BCUT2D eigenvalue weighted by molar-refractivity contribution is 7.09. The zero-order chi connectivity index (χ0) is 18.7. The summed E-state index contributed by atoms with van der Waals surface area (Å²) in [6.45, 7) is 2.03. The number of hydrogen-bond donors (Lipinski definition) is 0. The van der Waals surface area contributed by atoms with Crippen molar-refractivity contribution in [1.29, 1.82) is 0 Å². The molecule has 0 radical (unpaired) electrons. The minimum atomic E-state index is -0.317. The molecule has 0 aliphatic heterocycles. The quantitative estimate of drug-likeness (QED) is 0.703. The third-order valence-corrected chi connectivity index (χ3v) is 5.12. The van der Waals surface area contributed by atoms with Crippen molar-refractivity contribution in [2.45, 2.75) is 6.92 Å². The fourth-order valence-electron chi connectivity index (χ4n) is 2.80. The number of carbonyl (C=O) groups excluding carboxylic acids is 1. The van der Waals surface area contributed by atoms with E-state index >= 15 is 0 Å². The molecule has 0 aliphatic rings. The first-order chi connectivity index (χ1) is 12.5. The monoisotopic (exact) mass is 368 g/mol. The van der Waals surface area contributed by atoms with Crippen LogP contribution in [-0.4, -0.2) is 24.7 Å². The fraction of sp³-hybridized carbons (Fsp3) is 0.200. The van der Waals surface area contributed by atoms with Gasteiger partial charge in [-0.05, 0) is 30.7 Å². The summed E-state index contributed by atoms with van der Waals surface area (Å²) in [5.41, 5.74) is 2.62. The van der Waals surface area contributed by atoms with Crippen molar-refractivity contribution in [3.63, 3.8) is 0 Å². The van der Waals surface area contributed by atoms with Crippen LogP contribution >= 0.6 is 11.3 Å². The summed E-state index contributed by atoms with van der Waals surface area (Å²) in [5.74, 6) is 0.764. The first kappa shape index (κ1) is 17.9. The first-order valence-electron chi connectivity index (χ1n) is 8.08. The van der Waals surface area contributed by atoms with E-state index in [4.69, 9.17) is 9.47 Å². The smallest absolute Gasteiger partial charge is 0.279 e. The number of methoxy groups -OCH3 is 2. The number of thiazole rings is 1. The van der Waals surface area contributed by atoms with Gasteiger partial charge in [0.25, 0.3) is 5.91 Å². The summed E-state index contributed by atoms with van der Waals surface area (Å²) in [6.07, 6.45) is 0. The lowest BCUT2D eigenvalue weighted by atomic mass is 10.1. The van der Waals surface area contributed by atoms with Gasteiger partial charge >= 0.3 is 0 Å². The van der Waals surface area contributed by atoms with Crippen LogP contribution in [0, 0.1) is 6.92 Å². The van der Waals surface area contributed by atoms with Gasteiger partial charge in [-0.15, -0.1) is 11.3 Å². The molecule has 6 heteroatoms. The number of rotatable bonds is 4. The molecule has 3 rings (SSSR count). The van der Waals surface area contributed by atoms with Crippen molar-refractivity contribution in [3.05, 3.63) is 63.8 Å².